The lowest BCUT2D eigenvalue weighted by molar-refractivity contribution is 0.0691. The highest BCUT2D eigenvalue weighted by Crippen LogP contribution is 2.14. The molecule has 1 N–H and O–H groups in total. The van der Waals surface area contributed by atoms with Crippen molar-refractivity contribution in [1.29, 1.82) is 0 Å². The van der Waals surface area contributed by atoms with Crippen LogP contribution in [-0.4, -0.2) is 22.3 Å². The highest BCUT2D eigenvalue weighted by Gasteiger charge is 2.07. The Balaban J connectivity index is 2.73. The Morgan fingerprint density at radius 2 is 2.64 bits per heavy atom. The molecule has 0 atom stereocenters. The topological polar surface area (TPSA) is 50.2 Å². The van der Waals surface area contributed by atoms with Gasteiger partial charge in [0.2, 0.25) is 0 Å². The highest BCUT2D eigenvalue weighted by atomic mass is 32.2. The van der Waals surface area contributed by atoms with Crippen LogP contribution in [0, 0.1) is 0 Å². The maximum Gasteiger partial charge on any atom is 0.355 e. The smallest absolute Gasteiger partial charge is 0.355 e. The Hall–Kier alpha value is -0.550. The van der Waals surface area contributed by atoms with Gasteiger partial charge in [0.05, 0.1) is 0 Å². The molecule has 3 nitrogen and oxygen atoms in total. The van der Waals surface area contributed by atoms with Gasteiger partial charge in [0.25, 0.3) is 0 Å². The van der Waals surface area contributed by atoms with E-state index in [4.69, 9.17) is 5.11 Å². The zero-order valence-corrected chi connectivity index (χ0v) is 7.54. The van der Waals surface area contributed by atoms with Gasteiger partial charge in [-0.25, -0.2) is 9.78 Å². The molecule has 0 amide bonds. The van der Waals surface area contributed by atoms with Crippen molar-refractivity contribution in [3.8, 4) is 0 Å². The van der Waals surface area contributed by atoms with E-state index in [1.54, 1.807) is 17.1 Å². The third-order valence-electron chi connectivity index (χ3n) is 1.04. The van der Waals surface area contributed by atoms with E-state index in [2.05, 4.69) is 4.98 Å². The molecular formula is C6H7NO2S2. The number of carboxylic acid groups (broad SMARTS) is 1. The van der Waals surface area contributed by atoms with E-state index in [9.17, 15) is 4.79 Å². The number of hydrogen-bond acceptors (Lipinski definition) is 4. The molecule has 0 aliphatic carbocycles. The molecule has 0 radical (unpaired) electrons. The van der Waals surface area contributed by atoms with Crippen LogP contribution in [0.25, 0.3) is 0 Å². The van der Waals surface area contributed by atoms with Gasteiger partial charge in [-0.15, -0.1) is 11.3 Å². The maximum atomic E-state index is 10.4. The zero-order chi connectivity index (χ0) is 8.27. The molecule has 0 aliphatic heterocycles. The molecule has 1 aromatic rings. The lowest BCUT2D eigenvalue weighted by atomic mass is 10.5. The average molecular weight is 189 g/mol. The van der Waals surface area contributed by atoms with Crippen molar-refractivity contribution in [2.75, 3.05) is 6.26 Å². The van der Waals surface area contributed by atoms with Gasteiger partial charge >= 0.3 is 5.97 Å². The number of aromatic nitrogens is 1. The monoisotopic (exact) mass is 189 g/mol. The number of rotatable bonds is 3. The van der Waals surface area contributed by atoms with E-state index in [0.29, 0.717) is 0 Å². The first kappa shape index (κ1) is 8.55. The van der Waals surface area contributed by atoms with Crippen LogP contribution in [0.4, 0.5) is 0 Å². The standard InChI is InChI=1S/C6H7NO2S2/c1-10-3-5-7-4(2-11-5)6(8)9/h2H,3H2,1H3,(H,8,9). The van der Waals surface area contributed by atoms with Gasteiger partial charge in [-0.3, -0.25) is 0 Å². The summed E-state index contributed by atoms with van der Waals surface area (Å²) in [5, 5.41) is 10.9. The molecule has 0 aliphatic rings. The Labute approximate surface area is 72.5 Å². The minimum Gasteiger partial charge on any atom is -0.476 e. The fourth-order valence-electron chi connectivity index (χ4n) is 0.599. The van der Waals surface area contributed by atoms with Crippen LogP contribution in [0.1, 0.15) is 15.5 Å². The molecule has 1 aromatic heterocycles. The molecule has 0 fully saturated rings. The van der Waals surface area contributed by atoms with Gasteiger partial charge in [-0.2, -0.15) is 11.8 Å². The zero-order valence-electron chi connectivity index (χ0n) is 5.90. The number of carbonyl (C=O) groups is 1. The number of nitrogens with zero attached hydrogens (tertiary/aromatic N) is 1. The number of carboxylic acids is 1. The SMILES string of the molecule is CSCc1nc(C(=O)O)cs1. The number of aromatic carboxylic acids is 1. The Kier molecular flexibility index (Phi) is 2.90. The first-order valence-corrected chi connectivity index (χ1v) is 5.18. The summed E-state index contributed by atoms with van der Waals surface area (Å²) in [5.74, 6) is -0.161. The molecule has 11 heavy (non-hydrogen) atoms. The van der Waals surface area contributed by atoms with Crippen molar-refractivity contribution in [3.63, 3.8) is 0 Å². The first-order valence-electron chi connectivity index (χ1n) is 2.90. The third-order valence-corrected chi connectivity index (χ3v) is 2.63. The number of thioether (sulfide) groups is 1. The molecule has 0 spiro atoms. The first-order chi connectivity index (χ1) is 5.24. The number of thiazole rings is 1. The molecule has 5 heteroatoms. The third kappa shape index (κ3) is 2.20. The van der Waals surface area contributed by atoms with Crippen LogP contribution in [0.3, 0.4) is 0 Å². The number of hydrogen-bond donors (Lipinski definition) is 1. The molecule has 0 saturated heterocycles. The summed E-state index contributed by atoms with van der Waals surface area (Å²) in [4.78, 5) is 14.3. The molecule has 0 unspecified atom stereocenters. The summed E-state index contributed by atoms with van der Waals surface area (Å²) in [6.07, 6.45) is 1.96. The van der Waals surface area contributed by atoms with Crippen LogP contribution in [0.2, 0.25) is 0 Å². The van der Waals surface area contributed by atoms with Crippen LogP contribution in [0.5, 0.6) is 0 Å². The normalized spacial score (nSPS) is 9.91. The van der Waals surface area contributed by atoms with Gasteiger partial charge < -0.3 is 5.11 Å². The molecule has 0 aromatic carbocycles. The summed E-state index contributed by atoms with van der Waals surface area (Å²) in [7, 11) is 0. The van der Waals surface area contributed by atoms with Crippen molar-refractivity contribution >= 4 is 29.1 Å². The lowest BCUT2D eigenvalue weighted by Gasteiger charge is -1.86. The van der Waals surface area contributed by atoms with Gasteiger partial charge in [-0.1, -0.05) is 0 Å². The van der Waals surface area contributed by atoms with E-state index in [1.807, 2.05) is 6.26 Å². The molecule has 60 valence electrons. The average Bonchev–Trinajstić information content (AvgIpc) is 2.37. The van der Waals surface area contributed by atoms with E-state index in [-0.39, 0.29) is 5.69 Å². The second-order valence-electron chi connectivity index (χ2n) is 1.86. The minimum absolute atomic E-state index is 0.152. The van der Waals surface area contributed by atoms with Crippen LogP contribution in [0.15, 0.2) is 5.38 Å². The predicted octanol–water partition coefficient (Wildman–Crippen LogP) is 1.70. The molecular weight excluding hydrogens is 182 g/mol. The Morgan fingerprint density at radius 1 is 1.91 bits per heavy atom. The maximum absolute atomic E-state index is 10.4. The Morgan fingerprint density at radius 3 is 3.09 bits per heavy atom. The van der Waals surface area contributed by atoms with Crippen molar-refractivity contribution in [2.24, 2.45) is 0 Å². The quantitative estimate of drug-likeness (QED) is 0.786. The summed E-state index contributed by atoms with van der Waals surface area (Å²) in [6.45, 7) is 0. The van der Waals surface area contributed by atoms with Gasteiger partial charge in [-0.05, 0) is 6.26 Å². The van der Waals surface area contributed by atoms with Gasteiger partial charge in [0.15, 0.2) is 5.69 Å². The van der Waals surface area contributed by atoms with E-state index < -0.39 is 5.97 Å². The molecule has 1 heterocycles. The van der Waals surface area contributed by atoms with E-state index in [1.165, 1.54) is 11.3 Å². The highest BCUT2D eigenvalue weighted by molar-refractivity contribution is 7.97. The van der Waals surface area contributed by atoms with Gasteiger partial charge in [0.1, 0.15) is 5.01 Å². The molecule has 1 rings (SSSR count). The molecule has 0 saturated carbocycles. The van der Waals surface area contributed by atoms with Crippen molar-refractivity contribution < 1.29 is 9.90 Å². The lowest BCUT2D eigenvalue weighted by Crippen LogP contribution is -1.95. The second-order valence-corrected chi connectivity index (χ2v) is 3.67. The summed E-state index contributed by atoms with van der Waals surface area (Å²) in [6, 6.07) is 0. The van der Waals surface area contributed by atoms with E-state index >= 15 is 0 Å². The van der Waals surface area contributed by atoms with Crippen molar-refractivity contribution in [1.82, 2.24) is 4.98 Å². The summed E-state index contributed by atoms with van der Waals surface area (Å²) < 4.78 is 0. The minimum atomic E-state index is -0.950. The van der Waals surface area contributed by atoms with Crippen LogP contribution < -0.4 is 0 Å². The fourth-order valence-corrected chi connectivity index (χ4v) is 2.09. The van der Waals surface area contributed by atoms with Crippen molar-refractivity contribution in [3.05, 3.63) is 16.1 Å². The van der Waals surface area contributed by atoms with Crippen LogP contribution >= 0.6 is 23.1 Å². The second kappa shape index (κ2) is 3.73. The van der Waals surface area contributed by atoms with Gasteiger partial charge in [0, 0.05) is 11.1 Å². The Bertz CT molecular complexity index is 259. The summed E-state index contributed by atoms with van der Waals surface area (Å²) >= 11 is 3.02. The largest absolute Gasteiger partial charge is 0.476 e. The van der Waals surface area contributed by atoms with Crippen LogP contribution in [-0.2, 0) is 5.75 Å². The predicted molar refractivity (Wildman–Crippen MR) is 46.3 cm³/mol. The van der Waals surface area contributed by atoms with E-state index in [0.717, 1.165) is 10.8 Å². The van der Waals surface area contributed by atoms with Crippen molar-refractivity contribution in [2.45, 2.75) is 5.75 Å². The summed E-state index contributed by atoms with van der Waals surface area (Å²) in [5.41, 5.74) is 0.152. The fraction of sp³-hybridized carbons (Fsp3) is 0.333. The molecule has 0 bridgehead atoms.